The summed E-state index contributed by atoms with van der Waals surface area (Å²) in [5.74, 6) is -0.378. The number of hydrogen-bond acceptors (Lipinski definition) is 3. The van der Waals surface area contributed by atoms with E-state index in [0.717, 1.165) is 6.42 Å². The zero-order valence-corrected chi connectivity index (χ0v) is 14.2. The molecule has 1 aliphatic rings. The van der Waals surface area contributed by atoms with Gasteiger partial charge in [0.2, 0.25) is 0 Å². The van der Waals surface area contributed by atoms with Crippen molar-refractivity contribution in [3.8, 4) is 0 Å². The van der Waals surface area contributed by atoms with E-state index in [-0.39, 0.29) is 11.7 Å². The van der Waals surface area contributed by atoms with E-state index in [0.29, 0.717) is 30.2 Å². The van der Waals surface area contributed by atoms with Crippen LogP contribution in [-0.4, -0.2) is 22.3 Å². The third-order valence-electron chi connectivity index (χ3n) is 4.51. The second-order valence-corrected chi connectivity index (χ2v) is 6.31. The molecule has 2 aromatic carbocycles. The first-order valence-electron chi connectivity index (χ1n) is 8.54. The molecule has 1 aliphatic heterocycles. The van der Waals surface area contributed by atoms with Gasteiger partial charge in [-0.1, -0.05) is 30.3 Å². The molecule has 1 amide bonds. The van der Waals surface area contributed by atoms with Gasteiger partial charge in [-0.25, -0.2) is 9.37 Å². The van der Waals surface area contributed by atoms with Crippen LogP contribution in [0.1, 0.15) is 21.6 Å². The summed E-state index contributed by atoms with van der Waals surface area (Å²) in [6.07, 6.45) is 2.46. The number of nitrogens with zero attached hydrogens (tertiary/aromatic N) is 2. The van der Waals surface area contributed by atoms with Gasteiger partial charge in [-0.2, -0.15) is 0 Å². The molecule has 5 heteroatoms. The fraction of sp³-hybridized carbons (Fsp3) is 0.143. The number of fused-ring (bicyclic) bond motifs is 1. The molecule has 4 nitrogen and oxygen atoms in total. The fourth-order valence-electron chi connectivity index (χ4n) is 3.16. The van der Waals surface area contributed by atoms with E-state index in [2.05, 4.69) is 22.4 Å². The highest BCUT2D eigenvalue weighted by atomic mass is 19.1. The van der Waals surface area contributed by atoms with Crippen molar-refractivity contribution in [2.24, 2.45) is 0 Å². The van der Waals surface area contributed by atoms with Crippen molar-refractivity contribution >= 4 is 17.3 Å². The molecular weight excluding hydrogens is 329 g/mol. The lowest BCUT2D eigenvalue weighted by Gasteiger charge is -2.28. The standard InChI is InChI=1S/C21H18FN3O/c22-17-6-3-7-18(12-17)24-19-8-9-20(23-13-19)21(26)25-11-10-15-4-1-2-5-16(15)14-25/h1-9,12-13,24H,10-11,14H2. The SMILES string of the molecule is O=C(c1ccc(Nc2cccc(F)c2)cn1)N1CCc2ccccc2C1. The molecule has 0 saturated carbocycles. The van der Waals surface area contributed by atoms with E-state index in [1.54, 1.807) is 30.5 Å². The van der Waals surface area contributed by atoms with Crippen LogP contribution in [0.3, 0.4) is 0 Å². The number of halogens is 1. The number of hydrogen-bond donors (Lipinski definition) is 1. The van der Waals surface area contributed by atoms with Gasteiger partial charge in [0.05, 0.1) is 11.9 Å². The highest BCUT2D eigenvalue weighted by Crippen LogP contribution is 2.21. The minimum Gasteiger partial charge on any atom is -0.354 e. The first-order chi connectivity index (χ1) is 12.7. The normalized spacial score (nSPS) is 13.2. The smallest absolute Gasteiger partial charge is 0.272 e. The van der Waals surface area contributed by atoms with E-state index >= 15 is 0 Å². The van der Waals surface area contributed by atoms with Crippen molar-refractivity contribution in [1.82, 2.24) is 9.88 Å². The molecule has 0 aliphatic carbocycles. The molecule has 0 fully saturated rings. The Morgan fingerprint density at radius 2 is 1.85 bits per heavy atom. The lowest BCUT2D eigenvalue weighted by Crippen LogP contribution is -2.36. The summed E-state index contributed by atoms with van der Waals surface area (Å²) in [4.78, 5) is 18.8. The lowest BCUT2D eigenvalue weighted by molar-refractivity contribution is 0.0729. The van der Waals surface area contributed by atoms with Crippen molar-refractivity contribution in [3.63, 3.8) is 0 Å². The van der Waals surface area contributed by atoms with Gasteiger partial charge in [0.15, 0.2) is 0 Å². The summed E-state index contributed by atoms with van der Waals surface area (Å²) < 4.78 is 13.2. The van der Waals surface area contributed by atoms with Gasteiger partial charge in [-0.15, -0.1) is 0 Å². The zero-order chi connectivity index (χ0) is 17.9. The van der Waals surface area contributed by atoms with Crippen LogP contribution < -0.4 is 5.32 Å². The molecule has 0 radical (unpaired) electrons. The Hall–Kier alpha value is -3.21. The minimum atomic E-state index is -0.305. The van der Waals surface area contributed by atoms with Crippen molar-refractivity contribution in [3.05, 3.63) is 89.5 Å². The molecule has 0 atom stereocenters. The quantitative estimate of drug-likeness (QED) is 0.774. The van der Waals surface area contributed by atoms with E-state index in [4.69, 9.17) is 0 Å². The lowest BCUT2D eigenvalue weighted by atomic mass is 10.00. The summed E-state index contributed by atoms with van der Waals surface area (Å²) >= 11 is 0. The molecular formula is C21H18FN3O. The first kappa shape index (κ1) is 16.3. The second kappa shape index (κ2) is 6.96. The molecule has 3 aromatic rings. The fourth-order valence-corrected chi connectivity index (χ4v) is 3.16. The van der Waals surface area contributed by atoms with Crippen LogP contribution in [0, 0.1) is 5.82 Å². The summed E-state index contributed by atoms with van der Waals surface area (Å²) in [5, 5.41) is 3.08. The average molecular weight is 347 g/mol. The number of anilines is 2. The van der Waals surface area contributed by atoms with Crippen LogP contribution in [0.2, 0.25) is 0 Å². The number of aromatic nitrogens is 1. The molecule has 1 aromatic heterocycles. The molecule has 2 heterocycles. The van der Waals surface area contributed by atoms with Gasteiger partial charge in [-0.3, -0.25) is 4.79 Å². The predicted octanol–water partition coefficient (Wildman–Crippen LogP) is 4.16. The van der Waals surface area contributed by atoms with Crippen molar-refractivity contribution in [2.45, 2.75) is 13.0 Å². The largest absolute Gasteiger partial charge is 0.354 e. The van der Waals surface area contributed by atoms with E-state index in [9.17, 15) is 9.18 Å². The molecule has 1 N–H and O–H groups in total. The Labute approximate surface area is 151 Å². The Kier molecular flexibility index (Phi) is 4.35. The number of carbonyl (C=O) groups excluding carboxylic acids is 1. The maximum atomic E-state index is 13.2. The Balaban J connectivity index is 1.46. The highest BCUT2D eigenvalue weighted by molar-refractivity contribution is 5.92. The van der Waals surface area contributed by atoms with Crippen LogP contribution in [0.5, 0.6) is 0 Å². The van der Waals surface area contributed by atoms with Crippen molar-refractivity contribution in [2.75, 3.05) is 11.9 Å². The molecule has 26 heavy (non-hydrogen) atoms. The van der Waals surface area contributed by atoms with E-state index in [1.807, 2.05) is 17.0 Å². The van der Waals surface area contributed by atoms with Gasteiger partial charge in [0.1, 0.15) is 11.5 Å². The second-order valence-electron chi connectivity index (χ2n) is 6.31. The number of carbonyl (C=O) groups is 1. The number of amides is 1. The average Bonchev–Trinajstić information content (AvgIpc) is 2.68. The van der Waals surface area contributed by atoms with E-state index in [1.165, 1.54) is 23.3 Å². The predicted molar refractivity (Wildman–Crippen MR) is 98.8 cm³/mol. The summed E-state index contributed by atoms with van der Waals surface area (Å²) in [5.41, 5.74) is 4.25. The third-order valence-corrected chi connectivity index (χ3v) is 4.51. The van der Waals surface area contributed by atoms with Crippen LogP contribution in [-0.2, 0) is 13.0 Å². The van der Waals surface area contributed by atoms with Crippen LogP contribution >= 0.6 is 0 Å². The van der Waals surface area contributed by atoms with Crippen LogP contribution in [0.25, 0.3) is 0 Å². The Morgan fingerprint density at radius 1 is 1.00 bits per heavy atom. The Morgan fingerprint density at radius 3 is 2.62 bits per heavy atom. The minimum absolute atomic E-state index is 0.0724. The molecule has 0 saturated heterocycles. The van der Waals surface area contributed by atoms with Crippen LogP contribution in [0.15, 0.2) is 66.9 Å². The third kappa shape index (κ3) is 3.42. The molecule has 0 spiro atoms. The van der Waals surface area contributed by atoms with Crippen LogP contribution in [0.4, 0.5) is 15.8 Å². The van der Waals surface area contributed by atoms with Crippen molar-refractivity contribution < 1.29 is 9.18 Å². The van der Waals surface area contributed by atoms with E-state index < -0.39 is 0 Å². The van der Waals surface area contributed by atoms with Gasteiger partial charge >= 0.3 is 0 Å². The summed E-state index contributed by atoms with van der Waals surface area (Å²) in [6.45, 7) is 1.31. The van der Waals surface area contributed by atoms with Gasteiger partial charge in [0.25, 0.3) is 5.91 Å². The number of pyridine rings is 1. The zero-order valence-electron chi connectivity index (χ0n) is 14.2. The topological polar surface area (TPSA) is 45.2 Å². The maximum absolute atomic E-state index is 13.2. The molecule has 4 rings (SSSR count). The Bertz CT molecular complexity index is 940. The molecule has 130 valence electrons. The number of benzene rings is 2. The maximum Gasteiger partial charge on any atom is 0.272 e. The summed E-state index contributed by atoms with van der Waals surface area (Å²) in [7, 11) is 0. The summed E-state index contributed by atoms with van der Waals surface area (Å²) in [6, 6.07) is 17.9. The molecule has 0 bridgehead atoms. The highest BCUT2D eigenvalue weighted by Gasteiger charge is 2.22. The number of nitrogens with one attached hydrogen (secondary N) is 1. The van der Waals surface area contributed by atoms with Gasteiger partial charge < -0.3 is 10.2 Å². The van der Waals surface area contributed by atoms with Gasteiger partial charge in [-0.05, 0) is 47.9 Å². The van der Waals surface area contributed by atoms with Gasteiger partial charge in [0, 0.05) is 18.8 Å². The monoisotopic (exact) mass is 347 g/mol. The first-order valence-corrected chi connectivity index (χ1v) is 8.54. The molecule has 0 unspecified atom stereocenters. The number of rotatable bonds is 3. The van der Waals surface area contributed by atoms with Crippen molar-refractivity contribution in [1.29, 1.82) is 0 Å².